The highest BCUT2D eigenvalue weighted by atomic mass is 16.3. The maximum atomic E-state index is 11.2. The average molecular weight is 202 g/mol. The van der Waals surface area contributed by atoms with Crippen LogP contribution in [0.15, 0.2) is 0 Å². The fourth-order valence-electron chi connectivity index (χ4n) is 0.774. The number of amides is 2. The van der Waals surface area contributed by atoms with Gasteiger partial charge in [0.2, 0.25) is 11.8 Å². The molecule has 6 heteroatoms. The minimum absolute atomic E-state index is 0.102. The molecule has 1 atom stereocenters. The standard InChI is InChI=1S/C8H14N2O4/c1-5(12)3-9-8(14)7(4-11)10-6(2)13/h7,11H,3-4H2,1-2H3,(H,9,14)(H,10,13). The SMILES string of the molecule is CC(=O)CNC(=O)C(CO)NC(C)=O. The molecule has 0 aliphatic carbocycles. The zero-order chi connectivity index (χ0) is 11.1. The number of Topliss-reactive ketones (excluding diaryl/α,β-unsaturated/α-hetero) is 1. The maximum Gasteiger partial charge on any atom is 0.245 e. The molecule has 3 N–H and O–H groups in total. The quantitative estimate of drug-likeness (QED) is 0.489. The van der Waals surface area contributed by atoms with Crippen molar-refractivity contribution in [2.75, 3.05) is 13.2 Å². The molecule has 0 saturated carbocycles. The van der Waals surface area contributed by atoms with Crippen molar-refractivity contribution >= 4 is 17.6 Å². The largest absolute Gasteiger partial charge is 0.394 e. The lowest BCUT2D eigenvalue weighted by Crippen LogP contribution is -2.49. The summed E-state index contributed by atoms with van der Waals surface area (Å²) in [6.07, 6.45) is 0. The molecule has 2 amide bonds. The molecule has 0 aromatic rings. The molecule has 0 aromatic carbocycles. The lowest BCUT2D eigenvalue weighted by Gasteiger charge is -2.13. The topological polar surface area (TPSA) is 95.5 Å². The Morgan fingerprint density at radius 3 is 2.21 bits per heavy atom. The van der Waals surface area contributed by atoms with Crippen molar-refractivity contribution in [1.82, 2.24) is 10.6 Å². The number of aliphatic hydroxyl groups is 1. The van der Waals surface area contributed by atoms with E-state index in [1.165, 1.54) is 13.8 Å². The molecule has 0 heterocycles. The zero-order valence-electron chi connectivity index (χ0n) is 8.16. The van der Waals surface area contributed by atoms with E-state index < -0.39 is 24.5 Å². The zero-order valence-corrected chi connectivity index (χ0v) is 8.16. The molecule has 0 saturated heterocycles. The summed E-state index contributed by atoms with van der Waals surface area (Å²) in [4.78, 5) is 32.3. The molecule has 6 nitrogen and oxygen atoms in total. The Morgan fingerprint density at radius 2 is 1.86 bits per heavy atom. The van der Waals surface area contributed by atoms with Crippen molar-refractivity contribution in [1.29, 1.82) is 0 Å². The lowest BCUT2D eigenvalue weighted by atomic mass is 10.3. The van der Waals surface area contributed by atoms with Crippen LogP contribution in [0.5, 0.6) is 0 Å². The summed E-state index contributed by atoms with van der Waals surface area (Å²) in [5.74, 6) is -1.18. The first-order valence-corrected chi connectivity index (χ1v) is 4.12. The highest BCUT2D eigenvalue weighted by Gasteiger charge is 2.17. The van der Waals surface area contributed by atoms with Gasteiger partial charge in [0.1, 0.15) is 11.8 Å². The summed E-state index contributed by atoms with van der Waals surface area (Å²) in [5, 5.41) is 13.3. The first-order valence-electron chi connectivity index (χ1n) is 4.12. The summed E-state index contributed by atoms with van der Waals surface area (Å²) in [6, 6.07) is -0.994. The summed E-state index contributed by atoms with van der Waals surface area (Å²) in [7, 11) is 0. The van der Waals surface area contributed by atoms with Crippen molar-refractivity contribution in [3.8, 4) is 0 Å². The van der Waals surface area contributed by atoms with Crippen LogP contribution in [-0.4, -0.2) is 41.9 Å². The summed E-state index contributed by atoms with van der Waals surface area (Å²) >= 11 is 0. The number of hydrogen-bond acceptors (Lipinski definition) is 4. The molecule has 0 aliphatic heterocycles. The molecule has 0 spiro atoms. The van der Waals surface area contributed by atoms with E-state index >= 15 is 0 Å². The van der Waals surface area contributed by atoms with Crippen LogP contribution < -0.4 is 10.6 Å². The van der Waals surface area contributed by atoms with Crippen molar-refractivity contribution in [3.63, 3.8) is 0 Å². The molecule has 0 aliphatic rings. The molecule has 1 unspecified atom stereocenters. The number of hydrogen-bond donors (Lipinski definition) is 3. The highest BCUT2D eigenvalue weighted by Crippen LogP contribution is 1.83. The molecule has 0 bridgehead atoms. The van der Waals surface area contributed by atoms with Gasteiger partial charge in [0.25, 0.3) is 0 Å². The second-order valence-electron chi connectivity index (χ2n) is 2.86. The van der Waals surface area contributed by atoms with Gasteiger partial charge in [-0.25, -0.2) is 0 Å². The number of nitrogens with one attached hydrogen (secondary N) is 2. The van der Waals surface area contributed by atoms with E-state index in [9.17, 15) is 14.4 Å². The first kappa shape index (κ1) is 12.6. The second kappa shape index (κ2) is 6.09. The van der Waals surface area contributed by atoms with Crippen LogP contribution in [0.3, 0.4) is 0 Å². The number of carbonyl (C=O) groups is 3. The van der Waals surface area contributed by atoms with Gasteiger partial charge in [0.15, 0.2) is 0 Å². The first-order chi connectivity index (χ1) is 6.47. The van der Waals surface area contributed by atoms with Crippen LogP contribution in [0, 0.1) is 0 Å². The van der Waals surface area contributed by atoms with E-state index in [4.69, 9.17) is 5.11 Å². The molecular formula is C8H14N2O4. The van der Waals surface area contributed by atoms with Gasteiger partial charge in [-0.1, -0.05) is 0 Å². The normalized spacial score (nSPS) is 11.6. The van der Waals surface area contributed by atoms with Gasteiger partial charge in [-0.3, -0.25) is 14.4 Å². The van der Waals surface area contributed by atoms with Crippen LogP contribution >= 0.6 is 0 Å². The number of aliphatic hydroxyl groups excluding tert-OH is 1. The summed E-state index contributed by atoms with van der Waals surface area (Å²) in [5.41, 5.74) is 0. The van der Waals surface area contributed by atoms with Gasteiger partial charge in [-0.2, -0.15) is 0 Å². The predicted octanol–water partition coefficient (Wildman–Crippen LogP) is -1.81. The molecule has 0 fully saturated rings. The Morgan fingerprint density at radius 1 is 1.29 bits per heavy atom. The van der Waals surface area contributed by atoms with E-state index in [2.05, 4.69) is 10.6 Å². The summed E-state index contributed by atoms with van der Waals surface area (Å²) in [6.45, 7) is 1.96. The van der Waals surface area contributed by atoms with Crippen molar-refractivity contribution in [2.24, 2.45) is 0 Å². The minimum atomic E-state index is -0.994. The average Bonchev–Trinajstić information content (AvgIpc) is 2.09. The van der Waals surface area contributed by atoms with Crippen molar-refractivity contribution < 1.29 is 19.5 Å². The maximum absolute atomic E-state index is 11.2. The highest BCUT2D eigenvalue weighted by molar-refractivity contribution is 5.90. The molecule has 14 heavy (non-hydrogen) atoms. The van der Waals surface area contributed by atoms with Crippen LogP contribution in [-0.2, 0) is 14.4 Å². The smallest absolute Gasteiger partial charge is 0.245 e. The van der Waals surface area contributed by atoms with Gasteiger partial charge >= 0.3 is 0 Å². The van der Waals surface area contributed by atoms with E-state index in [1.54, 1.807) is 0 Å². The Bertz CT molecular complexity index is 239. The summed E-state index contributed by atoms with van der Waals surface area (Å²) < 4.78 is 0. The molecule has 0 radical (unpaired) electrons. The molecule has 80 valence electrons. The van der Waals surface area contributed by atoms with Crippen LogP contribution in [0.4, 0.5) is 0 Å². The van der Waals surface area contributed by atoms with E-state index in [0.29, 0.717) is 0 Å². The molecule has 0 rings (SSSR count). The minimum Gasteiger partial charge on any atom is -0.394 e. The van der Waals surface area contributed by atoms with Crippen molar-refractivity contribution in [3.05, 3.63) is 0 Å². The monoisotopic (exact) mass is 202 g/mol. The van der Waals surface area contributed by atoms with Crippen LogP contribution in [0.1, 0.15) is 13.8 Å². The number of rotatable bonds is 5. The van der Waals surface area contributed by atoms with E-state index in [0.717, 1.165) is 0 Å². The number of carbonyl (C=O) groups excluding carboxylic acids is 3. The number of ketones is 1. The molecular weight excluding hydrogens is 188 g/mol. The van der Waals surface area contributed by atoms with Gasteiger partial charge in [0.05, 0.1) is 13.2 Å². The third-order valence-electron chi connectivity index (χ3n) is 1.39. The van der Waals surface area contributed by atoms with Gasteiger partial charge in [-0.05, 0) is 6.92 Å². The second-order valence-corrected chi connectivity index (χ2v) is 2.86. The van der Waals surface area contributed by atoms with Gasteiger partial charge < -0.3 is 15.7 Å². The predicted molar refractivity (Wildman–Crippen MR) is 48.4 cm³/mol. The third-order valence-corrected chi connectivity index (χ3v) is 1.39. The Kier molecular flexibility index (Phi) is 5.47. The van der Waals surface area contributed by atoms with Crippen LogP contribution in [0.25, 0.3) is 0 Å². The Labute approximate surface area is 81.7 Å². The van der Waals surface area contributed by atoms with Crippen molar-refractivity contribution in [2.45, 2.75) is 19.9 Å². The Hall–Kier alpha value is -1.43. The van der Waals surface area contributed by atoms with E-state index in [-0.39, 0.29) is 12.3 Å². The third kappa shape index (κ3) is 5.26. The molecule has 0 aromatic heterocycles. The Balaban J connectivity index is 4.04. The fourth-order valence-corrected chi connectivity index (χ4v) is 0.774. The van der Waals surface area contributed by atoms with Gasteiger partial charge in [-0.15, -0.1) is 0 Å². The lowest BCUT2D eigenvalue weighted by molar-refractivity contribution is -0.130. The fraction of sp³-hybridized carbons (Fsp3) is 0.625. The van der Waals surface area contributed by atoms with Crippen LogP contribution in [0.2, 0.25) is 0 Å². The van der Waals surface area contributed by atoms with Gasteiger partial charge in [0, 0.05) is 6.92 Å². The van der Waals surface area contributed by atoms with E-state index in [1.807, 2.05) is 0 Å².